The van der Waals surface area contributed by atoms with E-state index in [4.69, 9.17) is 19.2 Å². The lowest BCUT2D eigenvalue weighted by molar-refractivity contribution is 0.0341. The van der Waals surface area contributed by atoms with Crippen LogP contribution >= 0.6 is 11.3 Å². The van der Waals surface area contributed by atoms with E-state index in [0.29, 0.717) is 22.7 Å². The van der Waals surface area contributed by atoms with Gasteiger partial charge in [0.2, 0.25) is 6.79 Å². The van der Waals surface area contributed by atoms with E-state index in [0.717, 1.165) is 59.3 Å². The lowest BCUT2D eigenvalue weighted by Crippen LogP contribution is -2.35. The van der Waals surface area contributed by atoms with Gasteiger partial charge in [0.05, 0.1) is 18.9 Å². The van der Waals surface area contributed by atoms with E-state index in [9.17, 15) is 4.79 Å². The third-order valence-corrected chi connectivity index (χ3v) is 6.87. The van der Waals surface area contributed by atoms with Crippen molar-refractivity contribution >= 4 is 33.3 Å². The van der Waals surface area contributed by atoms with Gasteiger partial charge in [-0.25, -0.2) is 9.97 Å². The molecule has 8 nitrogen and oxygen atoms in total. The Morgan fingerprint density at radius 2 is 1.91 bits per heavy atom. The van der Waals surface area contributed by atoms with Crippen molar-refractivity contribution < 1.29 is 19.0 Å². The second-order valence-electron chi connectivity index (χ2n) is 8.14. The highest BCUT2D eigenvalue weighted by atomic mass is 32.1. The smallest absolute Gasteiger partial charge is 0.255 e. The highest BCUT2D eigenvalue weighted by Crippen LogP contribution is 2.35. The second kappa shape index (κ2) is 9.02. The van der Waals surface area contributed by atoms with Crippen LogP contribution in [0.15, 0.2) is 54.7 Å². The number of rotatable bonds is 5. The number of benzene rings is 2. The van der Waals surface area contributed by atoms with Crippen LogP contribution in [-0.2, 0) is 11.3 Å². The highest BCUT2D eigenvalue weighted by Gasteiger charge is 2.18. The molecule has 0 unspecified atom stereocenters. The normalized spacial score (nSPS) is 15.5. The number of hydrogen-bond acceptors (Lipinski definition) is 8. The fourth-order valence-corrected chi connectivity index (χ4v) is 5.02. The zero-order valence-corrected chi connectivity index (χ0v) is 19.1. The average molecular weight is 475 g/mol. The third-order valence-electron chi connectivity index (χ3n) is 5.85. The molecule has 0 aliphatic carbocycles. The van der Waals surface area contributed by atoms with Crippen LogP contribution in [0.25, 0.3) is 20.9 Å². The van der Waals surface area contributed by atoms with Gasteiger partial charge in [0, 0.05) is 37.0 Å². The number of aromatic nitrogens is 2. The van der Waals surface area contributed by atoms with E-state index < -0.39 is 0 Å². The van der Waals surface area contributed by atoms with Crippen LogP contribution in [-0.4, -0.2) is 53.9 Å². The Kier molecular flexibility index (Phi) is 5.58. The Labute approximate surface area is 200 Å². The SMILES string of the molecule is O=C(Nc1ccccc1-c1nc2cc(CN3CCOCC3)cnc2s1)c1ccc2c(c1)OCO2. The van der Waals surface area contributed by atoms with Crippen molar-refractivity contribution in [1.82, 2.24) is 14.9 Å². The van der Waals surface area contributed by atoms with Crippen molar-refractivity contribution in [2.24, 2.45) is 0 Å². The number of anilines is 1. The van der Waals surface area contributed by atoms with E-state index in [1.165, 1.54) is 11.3 Å². The number of ether oxygens (including phenoxy) is 3. The van der Waals surface area contributed by atoms with Gasteiger partial charge in [-0.15, -0.1) is 0 Å². The zero-order chi connectivity index (χ0) is 22.9. The molecule has 1 N–H and O–H groups in total. The van der Waals surface area contributed by atoms with E-state index in [1.54, 1.807) is 18.2 Å². The van der Waals surface area contributed by atoms with Gasteiger partial charge < -0.3 is 19.5 Å². The molecule has 4 heterocycles. The Bertz CT molecular complexity index is 1370. The summed E-state index contributed by atoms with van der Waals surface area (Å²) in [6.07, 6.45) is 1.92. The molecule has 2 aromatic carbocycles. The molecule has 2 aliphatic heterocycles. The maximum Gasteiger partial charge on any atom is 0.255 e. The van der Waals surface area contributed by atoms with E-state index >= 15 is 0 Å². The molecule has 172 valence electrons. The molecule has 0 bridgehead atoms. The molecule has 9 heteroatoms. The van der Waals surface area contributed by atoms with Crippen LogP contribution in [0, 0.1) is 0 Å². The van der Waals surface area contributed by atoms with Crippen molar-refractivity contribution in [2.45, 2.75) is 6.54 Å². The van der Waals surface area contributed by atoms with Gasteiger partial charge >= 0.3 is 0 Å². The second-order valence-corrected chi connectivity index (χ2v) is 9.12. The Hall–Kier alpha value is -3.53. The summed E-state index contributed by atoms with van der Waals surface area (Å²) < 4.78 is 16.2. The quantitative estimate of drug-likeness (QED) is 0.465. The molecule has 4 aromatic rings. The van der Waals surface area contributed by atoms with Crippen LogP contribution in [0.2, 0.25) is 0 Å². The molecule has 0 atom stereocenters. The summed E-state index contributed by atoms with van der Waals surface area (Å²) >= 11 is 1.51. The average Bonchev–Trinajstić information content (AvgIpc) is 3.51. The predicted molar refractivity (Wildman–Crippen MR) is 129 cm³/mol. The van der Waals surface area contributed by atoms with Crippen molar-refractivity contribution in [3.05, 3.63) is 65.9 Å². The van der Waals surface area contributed by atoms with Gasteiger partial charge in [-0.2, -0.15) is 0 Å². The van der Waals surface area contributed by atoms with Gasteiger partial charge in [0.15, 0.2) is 11.5 Å². The van der Waals surface area contributed by atoms with Crippen LogP contribution < -0.4 is 14.8 Å². The summed E-state index contributed by atoms with van der Waals surface area (Å²) in [6, 6.07) is 14.9. The van der Waals surface area contributed by atoms with E-state index in [1.807, 2.05) is 30.5 Å². The largest absolute Gasteiger partial charge is 0.454 e. The minimum absolute atomic E-state index is 0.170. The summed E-state index contributed by atoms with van der Waals surface area (Å²) in [7, 11) is 0. The van der Waals surface area contributed by atoms with Crippen LogP contribution in [0.1, 0.15) is 15.9 Å². The lowest BCUT2D eigenvalue weighted by atomic mass is 10.1. The number of carbonyl (C=O) groups is 1. The minimum atomic E-state index is -0.224. The van der Waals surface area contributed by atoms with Crippen molar-refractivity contribution in [3.8, 4) is 22.1 Å². The van der Waals surface area contributed by atoms with Gasteiger partial charge in [-0.1, -0.05) is 23.5 Å². The van der Waals surface area contributed by atoms with Crippen LogP contribution in [0.5, 0.6) is 11.5 Å². The first-order valence-electron chi connectivity index (χ1n) is 11.1. The molecule has 0 spiro atoms. The van der Waals surface area contributed by atoms with Gasteiger partial charge in [0.25, 0.3) is 5.91 Å². The molecular formula is C25H22N4O4S. The van der Waals surface area contributed by atoms with E-state index in [2.05, 4.69) is 21.3 Å². The van der Waals surface area contributed by atoms with Gasteiger partial charge in [-0.05, 0) is 42.0 Å². The number of nitrogens with one attached hydrogen (secondary N) is 1. The number of morpholine rings is 1. The fraction of sp³-hybridized carbons (Fsp3) is 0.240. The van der Waals surface area contributed by atoms with Crippen LogP contribution in [0.4, 0.5) is 5.69 Å². The number of hydrogen-bond donors (Lipinski definition) is 1. The number of para-hydroxylation sites is 1. The Morgan fingerprint density at radius 3 is 2.82 bits per heavy atom. The lowest BCUT2D eigenvalue weighted by Gasteiger charge is -2.26. The van der Waals surface area contributed by atoms with E-state index in [-0.39, 0.29) is 12.7 Å². The monoisotopic (exact) mass is 474 g/mol. The first kappa shape index (κ1) is 21.0. The predicted octanol–water partition coefficient (Wildman–Crippen LogP) is 4.17. The molecule has 2 aliphatic rings. The summed E-state index contributed by atoms with van der Waals surface area (Å²) in [6.45, 7) is 4.40. The zero-order valence-electron chi connectivity index (χ0n) is 18.3. The summed E-state index contributed by atoms with van der Waals surface area (Å²) in [4.78, 5) is 25.7. The molecular weight excluding hydrogens is 452 g/mol. The number of thiazole rings is 1. The molecule has 1 amide bonds. The third kappa shape index (κ3) is 4.21. The van der Waals surface area contributed by atoms with Gasteiger partial charge in [-0.3, -0.25) is 9.69 Å². The molecule has 34 heavy (non-hydrogen) atoms. The maximum atomic E-state index is 13.0. The fourth-order valence-electron chi connectivity index (χ4n) is 4.09. The molecule has 1 saturated heterocycles. The maximum absolute atomic E-state index is 13.0. The number of fused-ring (bicyclic) bond motifs is 2. The van der Waals surface area contributed by atoms with Crippen molar-refractivity contribution in [2.75, 3.05) is 38.4 Å². The van der Waals surface area contributed by atoms with Crippen molar-refractivity contribution in [3.63, 3.8) is 0 Å². The topological polar surface area (TPSA) is 85.8 Å². The first-order valence-corrected chi connectivity index (χ1v) is 11.9. The molecule has 0 saturated carbocycles. The molecule has 1 fully saturated rings. The molecule has 6 rings (SSSR count). The summed E-state index contributed by atoms with van der Waals surface area (Å²) in [5.74, 6) is 0.996. The standard InChI is InChI=1S/C25H22N4O4S/c30-23(17-5-6-21-22(12-17)33-15-32-21)27-19-4-2-1-3-18(19)24-28-20-11-16(13-26-25(20)34-24)14-29-7-9-31-10-8-29/h1-6,11-13H,7-10,14-15H2,(H,27,30). The first-order chi connectivity index (χ1) is 16.7. The summed E-state index contributed by atoms with van der Waals surface area (Å²) in [5, 5.41) is 3.83. The highest BCUT2D eigenvalue weighted by molar-refractivity contribution is 7.21. The summed E-state index contributed by atoms with van der Waals surface area (Å²) in [5.41, 5.74) is 4.04. The van der Waals surface area contributed by atoms with Gasteiger partial charge in [0.1, 0.15) is 15.4 Å². The number of pyridine rings is 1. The molecule has 2 aromatic heterocycles. The molecule has 0 radical (unpaired) electrons. The Balaban J connectivity index is 1.25. The van der Waals surface area contributed by atoms with Crippen LogP contribution in [0.3, 0.4) is 0 Å². The number of nitrogens with zero attached hydrogens (tertiary/aromatic N) is 3. The number of amides is 1. The Morgan fingerprint density at radius 1 is 1.06 bits per heavy atom. The number of carbonyl (C=O) groups excluding carboxylic acids is 1. The van der Waals surface area contributed by atoms with Crippen molar-refractivity contribution in [1.29, 1.82) is 0 Å². The minimum Gasteiger partial charge on any atom is -0.454 e.